The molecule has 6 heteroatoms. The Balaban J connectivity index is 1.87. The number of aliphatic imine (C=N–C) groups is 1. The van der Waals surface area contributed by atoms with E-state index in [0.717, 1.165) is 54.8 Å². The van der Waals surface area contributed by atoms with E-state index in [1.54, 1.807) is 13.2 Å². The highest BCUT2D eigenvalue weighted by molar-refractivity contribution is 6.30. The molecular formula is C18H18ClN3O2. The van der Waals surface area contributed by atoms with Gasteiger partial charge in [-0.15, -0.1) is 0 Å². The van der Waals surface area contributed by atoms with E-state index >= 15 is 0 Å². The maximum absolute atomic E-state index is 6.13. The molecule has 5 nitrogen and oxygen atoms in total. The van der Waals surface area contributed by atoms with Gasteiger partial charge in [0.2, 0.25) is 0 Å². The zero-order valence-corrected chi connectivity index (χ0v) is 14.1. The van der Waals surface area contributed by atoms with Crippen molar-refractivity contribution < 1.29 is 9.47 Å². The number of hydrogen-bond acceptors (Lipinski definition) is 5. The molecule has 1 saturated heterocycles. The third-order valence-electron chi connectivity index (χ3n) is 4.21. The normalized spacial score (nSPS) is 16.4. The largest absolute Gasteiger partial charge is 0.497 e. The standard InChI is InChI=1S/C18H18ClN3O2/c1-23-13-3-4-14-16(11-13)24-17-10-12(19)2-5-15(17)21-18(14)22-8-6-20-7-9-22/h2-5,10-11,20H,6-9H2,1H3. The summed E-state index contributed by atoms with van der Waals surface area (Å²) in [5.74, 6) is 3.06. The van der Waals surface area contributed by atoms with Crippen LogP contribution < -0.4 is 14.8 Å². The number of amidine groups is 1. The summed E-state index contributed by atoms with van der Waals surface area (Å²) in [5.41, 5.74) is 1.74. The van der Waals surface area contributed by atoms with Crippen molar-refractivity contribution in [1.29, 1.82) is 0 Å². The Morgan fingerprint density at radius 1 is 1.12 bits per heavy atom. The molecule has 2 aliphatic heterocycles. The summed E-state index contributed by atoms with van der Waals surface area (Å²) < 4.78 is 11.5. The van der Waals surface area contributed by atoms with Gasteiger partial charge in [-0.1, -0.05) is 11.6 Å². The van der Waals surface area contributed by atoms with Crippen LogP contribution in [0.15, 0.2) is 41.4 Å². The summed E-state index contributed by atoms with van der Waals surface area (Å²) in [7, 11) is 1.65. The zero-order valence-electron chi connectivity index (χ0n) is 13.4. The van der Waals surface area contributed by atoms with Crippen LogP contribution in [0.3, 0.4) is 0 Å². The lowest BCUT2D eigenvalue weighted by molar-refractivity contribution is 0.357. The number of nitrogens with zero attached hydrogens (tertiary/aromatic N) is 2. The van der Waals surface area contributed by atoms with E-state index in [1.807, 2.05) is 30.3 Å². The van der Waals surface area contributed by atoms with E-state index in [4.69, 9.17) is 26.1 Å². The van der Waals surface area contributed by atoms with Crippen LogP contribution in [-0.2, 0) is 0 Å². The van der Waals surface area contributed by atoms with Gasteiger partial charge in [-0.05, 0) is 24.3 Å². The first-order chi connectivity index (χ1) is 11.7. The number of benzene rings is 2. The molecular weight excluding hydrogens is 326 g/mol. The van der Waals surface area contributed by atoms with Gasteiger partial charge in [-0.25, -0.2) is 4.99 Å². The molecule has 0 atom stereocenters. The topological polar surface area (TPSA) is 46.1 Å². The monoisotopic (exact) mass is 343 g/mol. The van der Waals surface area contributed by atoms with Crippen LogP contribution in [-0.4, -0.2) is 44.0 Å². The first-order valence-electron chi connectivity index (χ1n) is 7.95. The Bertz CT molecular complexity index is 801. The molecule has 4 rings (SSSR count). The molecule has 2 aliphatic rings. The zero-order chi connectivity index (χ0) is 16.5. The van der Waals surface area contributed by atoms with E-state index in [0.29, 0.717) is 10.8 Å². The van der Waals surface area contributed by atoms with Crippen molar-refractivity contribution in [2.24, 2.45) is 4.99 Å². The molecule has 24 heavy (non-hydrogen) atoms. The van der Waals surface area contributed by atoms with Crippen LogP contribution in [0.1, 0.15) is 5.56 Å². The Labute approximate surface area is 145 Å². The Morgan fingerprint density at radius 2 is 1.96 bits per heavy atom. The highest BCUT2D eigenvalue weighted by Gasteiger charge is 2.24. The lowest BCUT2D eigenvalue weighted by Crippen LogP contribution is -2.46. The second kappa shape index (κ2) is 6.34. The van der Waals surface area contributed by atoms with Crippen LogP contribution in [0.4, 0.5) is 5.69 Å². The van der Waals surface area contributed by atoms with Crippen LogP contribution >= 0.6 is 11.6 Å². The predicted molar refractivity (Wildman–Crippen MR) is 95.2 cm³/mol. The Hall–Kier alpha value is -2.24. The summed E-state index contributed by atoms with van der Waals surface area (Å²) in [6.07, 6.45) is 0. The van der Waals surface area contributed by atoms with Crippen LogP contribution in [0.25, 0.3) is 0 Å². The second-order valence-corrected chi connectivity index (χ2v) is 6.19. The van der Waals surface area contributed by atoms with Gasteiger partial charge in [-0.2, -0.15) is 0 Å². The van der Waals surface area contributed by atoms with Gasteiger partial charge in [0.25, 0.3) is 0 Å². The molecule has 2 aromatic carbocycles. The van der Waals surface area contributed by atoms with Crippen LogP contribution in [0, 0.1) is 0 Å². The number of hydrogen-bond donors (Lipinski definition) is 1. The summed E-state index contributed by atoms with van der Waals surface area (Å²) in [6.45, 7) is 3.71. The molecule has 0 aliphatic carbocycles. The number of rotatable bonds is 1. The maximum Gasteiger partial charge on any atom is 0.154 e. The van der Waals surface area contributed by atoms with E-state index in [1.165, 1.54) is 0 Å². The average molecular weight is 344 g/mol. The molecule has 0 spiro atoms. The van der Waals surface area contributed by atoms with Crippen LogP contribution in [0.5, 0.6) is 17.2 Å². The van der Waals surface area contributed by atoms with Gasteiger partial charge < -0.3 is 19.7 Å². The van der Waals surface area contributed by atoms with Crippen molar-refractivity contribution in [3.63, 3.8) is 0 Å². The average Bonchev–Trinajstić information content (AvgIpc) is 2.77. The van der Waals surface area contributed by atoms with Gasteiger partial charge in [0.15, 0.2) is 5.75 Å². The van der Waals surface area contributed by atoms with Crippen molar-refractivity contribution in [3.8, 4) is 17.2 Å². The summed E-state index contributed by atoms with van der Waals surface area (Å²) >= 11 is 6.13. The van der Waals surface area contributed by atoms with Crippen molar-refractivity contribution >= 4 is 23.1 Å². The van der Waals surface area contributed by atoms with Crippen molar-refractivity contribution in [3.05, 3.63) is 47.0 Å². The van der Waals surface area contributed by atoms with Crippen LogP contribution in [0.2, 0.25) is 5.02 Å². The molecule has 0 unspecified atom stereocenters. The molecule has 124 valence electrons. The van der Waals surface area contributed by atoms with Gasteiger partial charge >= 0.3 is 0 Å². The number of ether oxygens (including phenoxy) is 2. The van der Waals surface area contributed by atoms with Crippen molar-refractivity contribution in [2.45, 2.75) is 0 Å². The predicted octanol–water partition coefficient (Wildman–Crippen LogP) is 3.44. The highest BCUT2D eigenvalue weighted by atomic mass is 35.5. The summed E-state index contributed by atoms with van der Waals surface area (Å²) in [4.78, 5) is 7.18. The maximum atomic E-state index is 6.13. The highest BCUT2D eigenvalue weighted by Crippen LogP contribution is 2.40. The van der Waals surface area contributed by atoms with E-state index in [-0.39, 0.29) is 0 Å². The van der Waals surface area contributed by atoms with Gasteiger partial charge in [0.1, 0.15) is 23.0 Å². The SMILES string of the molecule is COc1ccc2c(c1)Oc1cc(Cl)ccc1N=C2N1CCNCC1. The molecule has 2 heterocycles. The number of halogens is 1. The fourth-order valence-electron chi connectivity index (χ4n) is 2.97. The number of nitrogens with one attached hydrogen (secondary N) is 1. The molecule has 1 fully saturated rings. The third-order valence-corrected chi connectivity index (χ3v) is 4.45. The fraction of sp³-hybridized carbons (Fsp3) is 0.278. The number of piperazine rings is 1. The molecule has 1 N–H and O–H groups in total. The number of methoxy groups -OCH3 is 1. The quantitative estimate of drug-likeness (QED) is 0.861. The second-order valence-electron chi connectivity index (χ2n) is 5.75. The summed E-state index contributed by atoms with van der Waals surface area (Å²) in [6, 6.07) is 11.3. The fourth-order valence-corrected chi connectivity index (χ4v) is 3.13. The van der Waals surface area contributed by atoms with Gasteiger partial charge in [0.05, 0.1) is 12.7 Å². The van der Waals surface area contributed by atoms with E-state index in [9.17, 15) is 0 Å². The van der Waals surface area contributed by atoms with Crippen molar-refractivity contribution in [2.75, 3.05) is 33.3 Å². The first kappa shape index (κ1) is 15.3. The third kappa shape index (κ3) is 2.81. The minimum atomic E-state index is 0.624. The van der Waals surface area contributed by atoms with Crippen molar-refractivity contribution in [1.82, 2.24) is 10.2 Å². The summed E-state index contributed by atoms with van der Waals surface area (Å²) in [5, 5.41) is 4.00. The first-order valence-corrected chi connectivity index (χ1v) is 8.32. The Kier molecular flexibility index (Phi) is 4.04. The number of fused-ring (bicyclic) bond motifs is 2. The molecule has 0 aromatic heterocycles. The van der Waals surface area contributed by atoms with E-state index < -0.39 is 0 Å². The molecule has 0 bridgehead atoms. The minimum absolute atomic E-state index is 0.624. The lowest BCUT2D eigenvalue weighted by atomic mass is 10.1. The lowest BCUT2D eigenvalue weighted by Gasteiger charge is -2.30. The molecule has 0 saturated carbocycles. The smallest absolute Gasteiger partial charge is 0.154 e. The van der Waals surface area contributed by atoms with E-state index in [2.05, 4.69) is 10.2 Å². The van der Waals surface area contributed by atoms with Gasteiger partial charge in [0, 0.05) is 43.3 Å². The van der Waals surface area contributed by atoms with Gasteiger partial charge in [-0.3, -0.25) is 0 Å². The Morgan fingerprint density at radius 3 is 2.75 bits per heavy atom. The molecule has 0 amide bonds. The molecule has 2 aromatic rings. The minimum Gasteiger partial charge on any atom is -0.497 e. The molecule has 0 radical (unpaired) electrons.